The van der Waals surface area contributed by atoms with Crippen LogP contribution in [0.1, 0.15) is 17.3 Å². The number of benzene rings is 2. The van der Waals surface area contributed by atoms with Crippen LogP contribution in [0.3, 0.4) is 0 Å². The number of aliphatic hydroxyl groups excluding tert-OH is 1. The normalized spacial score (nSPS) is 16.2. The third kappa shape index (κ3) is 5.28. The minimum Gasteiger partial charge on any atom is -0.491 e. The molecule has 1 aliphatic heterocycles. The minimum absolute atomic E-state index is 0.0136. The van der Waals surface area contributed by atoms with Gasteiger partial charge in [-0.05, 0) is 43.3 Å². The monoisotopic (exact) mass is 373 g/mol. The van der Waals surface area contributed by atoms with Crippen LogP contribution in [0.5, 0.6) is 5.75 Å². The van der Waals surface area contributed by atoms with E-state index in [2.05, 4.69) is 4.90 Å². The summed E-state index contributed by atoms with van der Waals surface area (Å²) in [7, 11) is 0. The van der Waals surface area contributed by atoms with Gasteiger partial charge in [0.1, 0.15) is 30.8 Å². The number of ether oxygens (including phenoxy) is 1. The maximum Gasteiger partial charge on any atom is 0.159 e. The Kier molecular flexibility index (Phi) is 6.42. The molecule has 144 valence electrons. The highest BCUT2D eigenvalue weighted by Gasteiger charge is 2.24. The maximum absolute atomic E-state index is 13.9. The number of anilines is 1. The molecule has 1 atom stereocenters. The molecule has 5 nitrogen and oxygen atoms in total. The van der Waals surface area contributed by atoms with Gasteiger partial charge in [-0.1, -0.05) is 12.1 Å². The zero-order valence-corrected chi connectivity index (χ0v) is 15.5. The number of halogens is 1. The Morgan fingerprint density at radius 2 is 1.85 bits per heavy atom. The lowest BCUT2D eigenvalue weighted by atomic mass is 10.1. The fourth-order valence-electron chi connectivity index (χ4n) is 3.35. The molecule has 1 saturated heterocycles. The number of Topliss-reactive ketones (excluding diaryl/α,β-unsaturated/α-hetero) is 1. The average molecular weight is 373 g/mol. The summed E-state index contributed by atoms with van der Waals surface area (Å²) in [5.74, 6) is 0.461. The second-order valence-electron chi connectivity index (χ2n) is 6.94. The van der Waals surface area contributed by atoms with E-state index in [4.69, 9.17) is 4.74 Å². The fraction of sp³-hybridized carbons (Fsp3) is 0.381. The van der Waals surface area contributed by atoms with E-state index in [1.54, 1.807) is 36.4 Å². The van der Waals surface area contributed by atoms with Crippen molar-refractivity contribution in [3.8, 4) is 5.75 Å². The number of ketones is 1. The summed E-state index contributed by atoms with van der Waals surface area (Å²) >= 11 is 0. The van der Waals surface area contributed by atoms with Crippen molar-refractivity contribution in [2.45, 2.75) is 13.0 Å². The van der Waals surface area contributed by atoms with Gasteiger partial charge in [0.15, 0.2) is 5.78 Å². The van der Waals surface area contributed by atoms with Gasteiger partial charge in [-0.3, -0.25) is 4.79 Å². The summed E-state index contributed by atoms with van der Waals surface area (Å²) in [6.45, 7) is 5.54. The van der Waals surface area contributed by atoms with E-state index >= 15 is 0 Å². The highest BCUT2D eigenvalue weighted by atomic mass is 19.1. The molecular formula is C21H26FN2O3+. The van der Waals surface area contributed by atoms with Crippen LogP contribution in [0.4, 0.5) is 10.1 Å². The number of hydrogen-bond donors (Lipinski definition) is 2. The molecule has 0 unspecified atom stereocenters. The number of rotatable bonds is 7. The Labute approximate surface area is 159 Å². The van der Waals surface area contributed by atoms with Crippen LogP contribution in [0.25, 0.3) is 0 Å². The topological polar surface area (TPSA) is 54.2 Å². The van der Waals surface area contributed by atoms with Crippen molar-refractivity contribution in [3.63, 3.8) is 0 Å². The van der Waals surface area contributed by atoms with Gasteiger partial charge >= 0.3 is 0 Å². The molecule has 1 fully saturated rings. The van der Waals surface area contributed by atoms with Gasteiger partial charge in [-0.2, -0.15) is 0 Å². The number of carbonyl (C=O) groups excluding carboxylic acids is 1. The first-order valence-corrected chi connectivity index (χ1v) is 9.28. The van der Waals surface area contributed by atoms with E-state index in [1.807, 2.05) is 6.07 Å². The van der Waals surface area contributed by atoms with Crippen LogP contribution < -0.4 is 14.5 Å². The number of para-hydroxylation sites is 1. The van der Waals surface area contributed by atoms with Crippen molar-refractivity contribution >= 4 is 11.5 Å². The largest absolute Gasteiger partial charge is 0.491 e. The van der Waals surface area contributed by atoms with Crippen LogP contribution in [0, 0.1) is 5.82 Å². The third-order valence-electron chi connectivity index (χ3n) is 4.89. The molecule has 6 heteroatoms. The zero-order valence-electron chi connectivity index (χ0n) is 15.5. The molecule has 1 heterocycles. The van der Waals surface area contributed by atoms with E-state index in [0.717, 1.165) is 26.2 Å². The van der Waals surface area contributed by atoms with Gasteiger partial charge in [-0.15, -0.1) is 0 Å². The van der Waals surface area contributed by atoms with Crippen LogP contribution in [-0.4, -0.2) is 56.3 Å². The number of nitrogens with zero attached hydrogens (tertiary/aromatic N) is 1. The maximum atomic E-state index is 13.9. The van der Waals surface area contributed by atoms with Crippen molar-refractivity contribution in [1.29, 1.82) is 0 Å². The zero-order chi connectivity index (χ0) is 19.2. The fourth-order valence-corrected chi connectivity index (χ4v) is 3.35. The molecule has 27 heavy (non-hydrogen) atoms. The first-order valence-electron chi connectivity index (χ1n) is 9.28. The van der Waals surface area contributed by atoms with Crippen LogP contribution in [0.2, 0.25) is 0 Å². The smallest absolute Gasteiger partial charge is 0.159 e. The first kappa shape index (κ1) is 19.3. The standard InChI is InChI=1S/C21H25FN2O3/c1-16(25)17-6-8-19(9-7-17)27-15-18(26)14-23-10-12-24(13-11-23)21-5-3-2-4-20(21)22/h2-9,18,26H,10-15H2,1H3/p+1/t18-/m0/s1. The van der Waals surface area contributed by atoms with Gasteiger partial charge in [0.25, 0.3) is 0 Å². The molecular weight excluding hydrogens is 347 g/mol. The predicted molar refractivity (Wildman–Crippen MR) is 102 cm³/mol. The third-order valence-corrected chi connectivity index (χ3v) is 4.89. The highest BCUT2D eigenvalue weighted by molar-refractivity contribution is 5.94. The molecule has 0 saturated carbocycles. The molecule has 1 aliphatic rings. The Balaban J connectivity index is 1.42. The summed E-state index contributed by atoms with van der Waals surface area (Å²) in [5, 5.41) is 10.3. The quantitative estimate of drug-likeness (QED) is 0.716. The molecule has 0 amide bonds. The number of carbonyl (C=O) groups is 1. The van der Waals surface area contributed by atoms with Crippen LogP contribution in [-0.2, 0) is 0 Å². The molecule has 2 N–H and O–H groups in total. The van der Waals surface area contributed by atoms with Crippen molar-refractivity contribution in [1.82, 2.24) is 0 Å². The van der Waals surface area contributed by atoms with Gasteiger partial charge in [-0.25, -0.2) is 4.39 Å². The molecule has 0 spiro atoms. The highest BCUT2D eigenvalue weighted by Crippen LogP contribution is 2.18. The van der Waals surface area contributed by atoms with Crippen molar-refractivity contribution in [2.24, 2.45) is 0 Å². The Morgan fingerprint density at radius 1 is 1.19 bits per heavy atom. The van der Waals surface area contributed by atoms with Gasteiger partial charge in [0, 0.05) is 5.56 Å². The molecule has 0 radical (unpaired) electrons. The SMILES string of the molecule is CC(=O)c1ccc(OC[C@@H](O)C[NH+]2CCN(c3ccccc3F)CC2)cc1. The van der Waals surface area contributed by atoms with Crippen LogP contribution >= 0.6 is 0 Å². The molecule has 2 aromatic rings. The second kappa shape index (κ2) is 8.97. The Bertz CT molecular complexity index is 758. The number of aliphatic hydroxyl groups is 1. The number of hydrogen-bond acceptors (Lipinski definition) is 4. The Hall–Kier alpha value is -2.44. The average Bonchev–Trinajstić information content (AvgIpc) is 2.68. The van der Waals surface area contributed by atoms with Crippen molar-refractivity contribution in [2.75, 3.05) is 44.2 Å². The summed E-state index contributed by atoms with van der Waals surface area (Å²) in [4.78, 5) is 14.6. The van der Waals surface area contributed by atoms with Gasteiger partial charge in [0.05, 0.1) is 31.9 Å². The lowest BCUT2D eigenvalue weighted by Gasteiger charge is -2.34. The lowest BCUT2D eigenvalue weighted by molar-refractivity contribution is -0.903. The summed E-state index contributed by atoms with van der Waals surface area (Å²) in [6, 6.07) is 13.8. The van der Waals surface area contributed by atoms with Crippen molar-refractivity contribution < 1.29 is 23.9 Å². The van der Waals surface area contributed by atoms with E-state index in [1.165, 1.54) is 17.9 Å². The van der Waals surface area contributed by atoms with Crippen LogP contribution in [0.15, 0.2) is 48.5 Å². The van der Waals surface area contributed by atoms with Gasteiger partial charge in [0.2, 0.25) is 0 Å². The summed E-state index contributed by atoms with van der Waals surface area (Å²) in [6.07, 6.45) is -0.576. The second-order valence-corrected chi connectivity index (χ2v) is 6.94. The van der Waals surface area contributed by atoms with Crippen molar-refractivity contribution in [3.05, 3.63) is 59.9 Å². The number of piperazine rings is 1. The predicted octanol–water partition coefficient (Wildman–Crippen LogP) is 1.17. The lowest BCUT2D eigenvalue weighted by Crippen LogP contribution is -3.16. The first-order chi connectivity index (χ1) is 13.0. The molecule has 0 aromatic heterocycles. The summed E-state index contributed by atoms with van der Waals surface area (Å²) < 4.78 is 19.5. The van der Waals surface area contributed by atoms with E-state index in [-0.39, 0.29) is 18.2 Å². The number of quaternary nitrogens is 1. The summed E-state index contributed by atoms with van der Waals surface area (Å²) in [5.41, 5.74) is 1.29. The molecule has 2 aromatic carbocycles. The van der Waals surface area contributed by atoms with E-state index in [9.17, 15) is 14.3 Å². The molecule has 0 bridgehead atoms. The number of nitrogens with one attached hydrogen (secondary N) is 1. The van der Waals surface area contributed by atoms with E-state index in [0.29, 0.717) is 23.5 Å². The van der Waals surface area contributed by atoms with E-state index < -0.39 is 6.10 Å². The molecule has 3 rings (SSSR count). The Morgan fingerprint density at radius 3 is 2.48 bits per heavy atom. The minimum atomic E-state index is -0.576. The van der Waals surface area contributed by atoms with Gasteiger partial charge < -0.3 is 19.6 Å². The molecule has 0 aliphatic carbocycles.